The average Bonchev–Trinajstić information content (AvgIpc) is 2.72. The quantitative estimate of drug-likeness (QED) is 0.288. The predicted molar refractivity (Wildman–Crippen MR) is 119 cm³/mol. The highest BCUT2D eigenvalue weighted by molar-refractivity contribution is 7.24. The van der Waals surface area contributed by atoms with Gasteiger partial charge in [-0.2, -0.15) is 0 Å². The average molecular weight is 449 g/mol. The summed E-state index contributed by atoms with van der Waals surface area (Å²) in [6, 6.07) is 19.3. The highest BCUT2D eigenvalue weighted by atomic mass is 35.5. The van der Waals surface area contributed by atoms with E-state index >= 15 is 0 Å². The molecule has 4 nitrogen and oxygen atoms in total. The van der Waals surface area contributed by atoms with Crippen molar-refractivity contribution in [3.8, 4) is 0 Å². The molecule has 0 aliphatic heterocycles. The zero-order chi connectivity index (χ0) is 20.8. The molecule has 0 spiro atoms. The second-order valence-corrected chi connectivity index (χ2v) is 8.46. The van der Waals surface area contributed by atoms with Crippen molar-refractivity contribution >= 4 is 48.3 Å². The SMILES string of the molecule is CC(=O)N(CCC([PH+]=O)c1ccc(Cl)c(Cl)c1)OCc1ccc2ccccc2c1. The van der Waals surface area contributed by atoms with Crippen LogP contribution in [-0.4, -0.2) is 17.5 Å². The number of benzene rings is 3. The molecule has 2 unspecified atom stereocenters. The third-order valence-electron chi connectivity index (χ3n) is 4.66. The van der Waals surface area contributed by atoms with Gasteiger partial charge in [-0.15, -0.1) is 0 Å². The number of fused-ring (bicyclic) bond motifs is 1. The number of carbonyl (C=O) groups is 1. The lowest BCUT2D eigenvalue weighted by atomic mass is 10.1. The fraction of sp³-hybridized carbons (Fsp3) is 0.227. The van der Waals surface area contributed by atoms with Crippen molar-refractivity contribution in [3.05, 3.63) is 81.8 Å². The Kier molecular flexibility index (Phi) is 7.63. The Hall–Kier alpha value is -1.97. The van der Waals surface area contributed by atoms with E-state index in [9.17, 15) is 9.36 Å². The molecule has 3 aromatic carbocycles. The Bertz CT molecular complexity index is 1030. The molecule has 0 bridgehead atoms. The summed E-state index contributed by atoms with van der Waals surface area (Å²) < 4.78 is 11.7. The molecule has 3 rings (SSSR count). The minimum atomic E-state index is -0.569. The fourth-order valence-electron chi connectivity index (χ4n) is 3.06. The number of rotatable bonds is 8. The molecule has 2 atom stereocenters. The molecule has 0 aliphatic rings. The number of hydrogen-bond donors (Lipinski definition) is 0. The maximum Gasteiger partial charge on any atom is 0.332 e. The maximum absolute atomic E-state index is 12.0. The van der Waals surface area contributed by atoms with Gasteiger partial charge in [-0.3, -0.25) is 9.63 Å². The third kappa shape index (κ3) is 5.77. The molecule has 7 heteroatoms. The van der Waals surface area contributed by atoms with Crippen LogP contribution in [0.3, 0.4) is 0 Å². The van der Waals surface area contributed by atoms with Crippen LogP contribution >= 0.6 is 31.7 Å². The molecular weight excluding hydrogens is 428 g/mol. The second-order valence-electron chi connectivity index (χ2n) is 6.71. The number of halogens is 2. The van der Waals surface area contributed by atoms with E-state index in [1.165, 1.54) is 12.0 Å². The minimum absolute atomic E-state index is 0.201. The summed E-state index contributed by atoms with van der Waals surface area (Å²) in [7, 11) is -0.569. The monoisotopic (exact) mass is 448 g/mol. The van der Waals surface area contributed by atoms with E-state index in [2.05, 4.69) is 6.07 Å². The van der Waals surface area contributed by atoms with Crippen LogP contribution in [-0.2, 0) is 20.8 Å². The highest BCUT2D eigenvalue weighted by Crippen LogP contribution is 2.34. The van der Waals surface area contributed by atoms with Crippen LogP contribution < -0.4 is 0 Å². The summed E-state index contributed by atoms with van der Waals surface area (Å²) in [5, 5.41) is 4.46. The molecular formula is C22H21Cl2NO3P+. The van der Waals surface area contributed by atoms with Gasteiger partial charge in [0.25, 0.3) is 0 Å². The number of carbonyl (C=O) groups excluding carboxylic acids is 1. The molecule has 3 aromatic rings. The first-order chi connectivity index (χ1) is 14.0. The van der Waals surface area contributed by atoms with E-state index < -0.39 is 8.46 Å². The van der Waals surface area contributed by atoms with Crippen molar-refractivity contribution in [2.75, 3.05) is 6.54 Å². The van der Waals surface area contributed by atoms with Gasteiger partial charge in [0.1, 0.15) is 6.61 Å². The molecule has 150 valence electrons. The van der Waals surface area contributed by atoms with Crippen LogP contribution in [0, 0.1) is 0 Å². The van der Waals surface area contributed by atoms with Gasteiger partial charge in [-0.25, -0.2) is 5.06 Å². The summed E-state index contributed by atoms with van der Waals surface area (Å²) >= 11 is 12.0. The van der Waals surface area contributed by atoms with E-state index in [1.807, 2.05) is 36.4 Å². The van der Waals surface area contributed by atoms with Crippen molar-refractivity contribution in [2.45, 2.75) is 25.6 Å². The standard InChI is InChI=1S/C22H20Cl2NO3P/c1-15(26)25(11-10-22(29-27)19-8-9-20(23)21(24)13-19)28-14-16-6-7-17-4-2-3-5-18(17)12-16/h2-9,12-13,22H,10-11,14H2,1H3/p+1. The van der Waals surface area contributed by atoms with Crippen LogP contribution in [0.5, 0.6) is 0 Å². The van der Waals surface area contributed by atoms with Crippen molar-refractivity contribution in [3.63, 3.8) is 0 Å². The number of hydroxylamine groups is 2. The van der Waals surface area contributed by atoms with Gasteiger partial charge in [-0.05, 0) is 34.5 Å². The number of amides is 1. The van der Waals surface area contributed by atoms with Gasteiger partial charge in [0.2, 0.25) is 5.91 Å². The van der Waals surface area contributed by atoms with E-state index in [4.69, 9.17) is 28.0 Å². The summed E-state index contributed by atoms with van der Waals surface area (Å²) in [6.45, 7) is 2.05. The summed E-state index contributed by atoms with van der Waals surface area (Å²) in [5.41, 5.74) is 1.54. The van der Waals surface area contributed by atoms with Crippen LogP contribution in [0.1, 0.15) is 30.1 Å². The topological polar surface area (TPSA) is 46.6 Å². The zero-order valence-electron chi connectivity index (χ0n) is 15.9. The van der Waals surface area contributed by atoms with Gasteiger partial charge < -0.3 is 0 Å². The van der Waals surface area contributed by atoms with Crippen LogP contribution in [0.2, 0.25) is 10.0 Å². The van der Waals surface area contributed by atoms with E-state index in [0.29, 0.717) is 23.0 Å². The smallest absolute Gasteiger partial charge is 0.273 e. The first kappa shape index (κ1) is 21.7. The van der Waals surface area contributed by atoms with Crippen LogP contribution in [0.25, 0.3) is 10.8 Å². The van der Waals surface area contributed by atoms with Crippen LogP contribution in [0.4, 0.5) is 0 Å². The molecule has 0 saturated heterocycles. The predicted octanol–water partition coefficient (Wildman–Crippen LogP) is 6.58. The molecule has 1 amide bonds. The Labute approximate surface area is 181 Å². The van der Waals surface area contributed by atoms with Gasteiger partial charge in [0, 0.05) is 18.9 Å². The van der Waals surface area contributed by atoms with E-state index in [0.717, 1.165) is 21.9 Å². The molecule has 29 heavy (non-hydrogen) atoms. The summed E-state index contributed by atoms with van der Waals surface area (Å²) in [6.07, 6.45) is 0.483. The zero-order valence-corrected chi connectivity index (χ0v) is 18.4. The second kappa shape index (κ2) is 10.2. The van der Waals surface area contributed by atoms with Crippen molar-refractivity contribution in [1.82, 2.24) is 5.06 Å². The third-order valence-corrected chi connectivity index (χ3v) is 6.31. The summed E-state index contributed by atoms with van der Waals surface area (Å²) in [4.78, 5) is 17.8. The summed E-state index contributed by atoms with van der Waals surface area (Å²) in [5.74, 6) is -0.201. The normalized spacial score (nSPS) is 12.2. The van der Waals surface area contributed by atoms with Gasteiger partial charge >= 0.3 is 8.46 Å². The maximum atomic E-state index is 12.0. The van der Waals surface area contributed by atoms with Crippen molar-refractivity contribution in [2.24, 2.45) is 0 Å². The van der Waals surface area contributed by atoms with Gasteiger partial charge in [0.15, 0.2) is 5.66 Å². The van der Waals surface area contributed by atoms with E-state index in [-0.39, 0.29) is 18.2 Å². The van der Waals surface area contributed by atoms with Crippen LogP contribution in [0.15, 0.2) is 60.7 Å². The molecule has 0 radical (unpaired) electrons. The molecule has 0 heterocycles. The van der Waals surface area contributed by atoms with Gasteiger partial charge in [-0.1, -0.05) is 70.2 Å². The Balaban J connectivity index is 1.63. The van der Waals surface area contributed by atoms with Crippen molar-refractivity contribution < 1.29 is 14.2 Å². The lowest BCUT2D eigenvalue weighted by molar-refractivity contribution is -0.189. The lowest BCUT2D eigenvalue weighted by Crippen LogP contribution is -2.30. The van der Waals surface area contributed by atoms with Gasteiger partial charge in [0.05, 0.1) is 16.6 Å². The lowest BCUT2D eigenvalue weighted by Gasteiger charge is -2.21. The Morgan fingerprint density at radius 3 is 2.48 bits per heavy atom. The number of hydrogen-bond acceptors (Lipinski definition) is 3. The highest BCUT2D eigenvalue weighted by Gasteiger charge is 2.22. The first-order valence-corrected chi connectivity index (χ1v) is 10.9. The van der Waals surface area contributed by atoms with Crippen molar-refractivity contribution in [1.29, 1.82) is 0 Å². The number of nitrogens with zero attached hydrogens (tertiary/aromatic N) is 1. The molecule has 0 fully saturated rings. The Morgan fingerprint density at radius 2 is 1.79 bits per heavy atom. The van der Waals surface area contributed by atoms with E-state index in [1.54, 1.807) is 18.2 Å². The molecule has 0 aromatic heterocycles. The largest absolute Gasteiger partial charge is 0.332 e. The fourth-order valence-corrected chi connectivity index (χ4v) is 3.93. The molecule has 0 aliphatic carbocycles. The molecule has 0 saturated carbocycles. The molecule has 0 N–H and O–H groups in total. The minimum Gasteiger partial charge on any atom is -0.273 e. The Morgan fingerprint density at radius 1 is 1.03 bits per heavy atom. The first-order valence-electron chi connectivity index (χ1n) is 9.19.